The average Bonchev–Trinajstić information content (AvgIpc) is 2.95. The van der Waals surface area contributed by atoms with Gasteiger partial charge >= 0.3 is 0 Å². The van der Waals surface area contributed by atoms with Crippen LogP contribution in [0, 0.1) is 20.8 Å². The molecule has 0 fully saturated rings. The Labute approximate surface area is 139 Å². The maximum Gasteiger partial charge on any atom is 0.187 e. The minimum absolute atomic E-state index is 0.760. The molecule has 1 N–H and O–H groups in total. The first-order chi connectivity index (χ1) is 10.5. The van der Waals surface area contributed by atoms with Crippen molar-refractivity contribution < 1.29 is 0 Å². The quantitative estimate of drug-likeness (QED) is 0.625. The van der Waals surface area contributed by atoms with Crippen molar-refractivity contribution in [2.24, 2.45) is 0 Å². The smallest absolute Gasteiger partial charge is 0.187 e. The summed E-state index contributed by atoms with van der Waals surface area (Å²) in [6.07, 6.45) is 0. The first kappa shape index (κ1) is 15.1. The lowest BCUT2D eigenvalue weighted by Crippen LogP contribution is -1.93. The molecule has 4 heteroatoms. The number of thiazole rings is 1. The van der Waals surface area contributed by atoms with Crippen LogP contribution in [-0.2, 0) is 0 Å². The number of anilines is 2. The fraction of sp³-hybridized carbons (Fsp3) is 0.167. The van der Waals surface area contributed by atoms with Crippen LogP contribution in [0.15, 0.2) is 41.8 Å². The molecule has 0 amide bonds. The van der Waals surface area contributed by atoms with E-state index in [1.165, 1.54) is 16.7 Å². The summed E-state index contributed by atoms with van der Waals surface area (Å²) in [6.45, 7) is 6.22. The van der Waals surface area contributed by atoms with Crippen molar-refractivity contribution in [1.82, 2.24) is 4.98 Å². The zero-order valence-corrected chi connectivity index (χ0v) is 14.3. The molecule has 2 aromatic carbocycles. The summed E-state index contributed by atoms with van der Waals surface area (Å²) in [5.41, 5.74) is 6.71. The van der Waals surface area contributed by atoms with Crippen LogP contribution in [0.4, 0.5) is 10.8 Å². The number of aryl methyl sites for hydroxylation is 2. The molecule has 112 valence electrons. The molecule has 0 aliphatic rings. The van der Waals surface area contributed by atoms with Crippen molar-refractivity contribution in [1.29, 1.82) is 0 Å². The van der Waals surface area contributed by atoms with E-state index >= 15 is 0 Å². The van der Waals surface area contributed by atoms with Gasteiger partial charge in [0.25, 0.3) is 0 Å². The fourth-order valence-corrected chi connectivity index (χ4v) is 3.22. The van der Waals surface area contributed by atoms with Gasteiger partial charge in [-0.15, -0.1) is 11.3 Å². The first-order valence-corrected chi connectivity index (χ1v) is 8.35. The molecule has 2 nitrogen and oxygen atoms in total. The Kier molecular flexibility index (Phi) is 4.19. The maximum atomic E-state index is 6.16. The molecule has 1 aromatic heterocycles. The van der Waals surface area contributed by atoms with Gasteiger partial charge in [-0.3, -0.25) is 0 Å². The summed E-state index contributed by atoms with van der Waals surface area (Å²) in [4.78, 5) is 4.71. The monoisotopic (exact) mass is 328 g/mol. The van der Waals surface area contributed by atoms with Gasteiger partial charge in [0.2, 0.25) is 0 Å². The van der Waals surface area contributed by atoms with Crippen LogP contribution < -0.4 is 5.32 Å². The lowest BCUT2D eigenvalue weighted by molar-refractivity contribution is 1.33. The van der Waals surface area contributed by atoms with Crippen LogP contribution in [-0.4, -0.2) is 4.98 Å². The van der Waals surface area contributed by atoms with Crippen LogP contribution in [0.25, 0.3) is 11.3 Å². The molecule has 0 unspecified atom stereocenters. The van der Waals surface area contributed by atoms with Crippen molar-refractivity contribution in [2.75, 3.05) is 5.32 Å². The molecular weight excluding hydrogens is 312 g/mol. The largest absolute Gasteiger partial charge is 0.331 e. The van der Waals surface area contributed by atoms with E-state index in [2.05, 4.69) is 42.7 Å². The van der Waals surface area contributed by atoms with Gasteiger partial charge in [-0.25, -0.2) is 4.98 Å². The van der Waals surface area contributed by atoms with E-state index in [0.29, 0.717) is 0 Å². The Bertz CT molecular complexity index is 824. The van der Waals surface area contributed by atoms with Crippen LogP contribution in [0.3, 0.4) is 0 Å². The topological polar surface area (TPSA) is 24.9 Å². The summed E-state index contributed by atoms with van der Waals surface area (Å²) >= 11 is 7.77. The van der Waals surface area contributed by atoms with Gasteiger partial charge < -0.3 is 5.32 Å². The molecule has 3 aromatic rings. The van der Waals surface area contributed by atoms with E-state index in [4.69, 9.17) is 16.6 Å². The van der Waals surface area contributed by atoms with Crippen LogP contribution >= 0.6 is 22.9 Å². The highest BCUT2D eigenvalue weighted by atomic mass is 35.5. The third-order valence-corrected chi connectivity index (χ3v) is 4.85. The maximum absolute atomic E-state index is 6.16. The molecular formula is C18H17ClN2S. The van der Waals surface area contributed by atoms with Crippen molar-refractivity contribution in [3.63, 3.8) is 0 Å². The van der Waals surface area contributed by atoms with Crippen LogP contribution in [0.5, 0.6) is 0 Å². The summed E-state index contributed by atoms with van der Waals surface area (Å²) in [5, 5.41) is 7.08. The molecule has 0 radical (unpaired) electrons. The summed E-state index contributed by atoms with van der Waals surface area (Å²) in [7, 11) is 0. The zero-order chi connectivity index (χ0) is 15.7. The Balaban J connectivity index is 1.91. The molecule has 1 heterocycles. The predicted octanol–water partition coefficient (Wildman–Crippen LogP) is 6.13. The van der Waals surface area contributed by atoms with E-state index in [-0.39, 0.29) is 0 Å². The molecule has 0 saturated carbocycles. The number of hydrogen-bond acceptors (Lipinski definition) is 3. The number of aromatic nitrogens is 1. The third kappa shape index (κ3) is 3.01. The number of nitrogens with zero attached hydrogens (tertiary/aromatic N) is 1. The summed E-state index contributed by atoms with van der Waals surface area (Å²) in [6, 6.07) is 12.3. The second kappa shape index (κ2) is 6.11. The number of benzene rings is 2. The summed E-state index contributed by atoms with van der Waals surface area (Å²) < 4.78 is 0. The number of rotatable bonds is 3. The van der Waals surface area contributed by atoms with Crippen molar-refractivity contribution in [2.45, 2.75) is 20.8 Å². The minimum atomic E-state index is 0.760. The first-order valence-electron chi connectivity index (χ1n) is 7.10. The Morgan fingerprint density at radius 2 is 1.91 bits per heavy atom. The molecule has 0 aliphatic carbocycles. The number of hydrogen-bond donors (Lipinski definition) is 1. The van der Waals surface area contributed by atoms with Crippen molar-refractivity contribution in [3.8, 4) is 11.3 Å². The molecule has 0 bridgehead atoms. The number of nitrogens with one attached hydrogen (secondary N) is 1. The molecule has 0 atom stereocenters. The zero-order valence-electron chi connectivity index (χ0n) is 12.8. The second-order valence-electron chi connectivity index (χ2n) is 5.39. The lowest BCUT2D eigenvalue weighted by Gasteiger charge is -2.08. The van der Waals surface area contributed by atoms with Gasteiger partial charge in [-0.2, -0.15) is 0 Å². The van der Waals surface area contributed by atoms with E-state index < -0.39 is 0 Å². The van der Waals surface area contributed by atoms with Gasteiger partial charge in [0, 0.05) is 21.7 Å². The third-order valence-electron chi connectivity index (χ3n) is 3.68. The Morgan fingerprint density at radius 3 is 2.73 bits per heavy atom. The Morgan fingerprint density at radius 1 is 1.09 bits per heavy atom. The van der Waals surface area contributed by atoms with Crippen LogP contribution in [0.1, 0.15) is 16.7 Å². The van der Waals surface area contributed by atoms with Gasteiger partial charge in [0.15, 0.2) is 5.13 Å². The van der Waals surface area contributed by atoms with Gasteiger partial charge in [-0.05, 0) is 50.1 Å². The number of halogens is 1. The highest BCUT2D eigenvalue weighted by molar-refractivity contribution is 7.14. The van der Waals surface area contributed by atoms with Gasteiger partial charge in [0.05, 0.1) is 5.69 Å². The lowest BCUT2D eigenvalue weighted by atomic mass is 10.0. The molecule has 0 saturated heterocycles. The average molecular weight is 329 g/mol. The SMILES string of the molecule is Cc1ccc(C)c(-c2csc(Nc3cccc(Cl)c3C)n2)c1. The molecule has 0 aliphatic heterocycles. The minimum Gasteiger partial charge on any atom is -0.331 e. The van der Waals surface area contributed by atoms with Crippen molar-refractivity contribution in [3.05, 3.63) is 63.5 Å². The Hall–Kier alpha value is -1.84. The summed E-state index contributed by atoms with van der Waals surface area (Å²) in [5.74, 6) is 0. The van der Waals surface area contributed by atoms with Crippen molar-refractivity contribution >= 4 is 33.8 Å². The van der Waals surface area contributed by atoms with E-state index in [1.54, 1.807) is 11.3 Å². The fourth-order valence-electron chi connectivity index (χ4n) is 2.32. The highest BCUT2D eigenvalue weighted by Gasteiger charge is 2.09. The molecule has 22 heavy (non-hydrogen) atoms. The van der Waals surface area contributed by atoms with Crippen LogP contribution in [0.2, 0.25) is 5.02 Å². The predicted molar refractivity (Wildman–Crippen MR) is 96.5 cm³/mol. The van der Waals surface area contributed by atoms with E-state index in [9.17, 15) is 0 Å². The van der Waals surface area contributed by atoms with E-state index in [1.807, 2.05) is 25.1 Å². The molecule has 3 rings (SSSR count). The van der Waals surface area contributed by atoms with Gasteiger partial charge in [-0.1, -0.05) is 35.4 Å². The molecule has 0 spiro atoms. The second-order valence-corrected chi connectivity index (χ2v) is 6.66. The van der Waals surface area contributed by atoms with E-state index in [0.717, 1.165) is 27.1 Å². The highest BCUT2D eigenvalue weighted by Crippen LogP contribution is 2.31. The standard InChI is InChI=1S/C18H17ClN2S/c1-11-7-8-12(2)14(9-11)17-10-22-18(21-17)20-16-6-4-5-15(19)13(16)3/h4-10H,1-3H3,(H,20,21). The van der Waals surface area contributed by atoms with Gasteiger partial charge in [0.1, 0.15) is 0 Å². The normalized spacial score (nSPS) is 10.7.